The van der Waals surface area contributed by atoms with Crippen LogP contribution in [0.4, 0.5) is 0 Å². The number of amides is 1. The fraction of sp³-hybridized carbons (Fsp3) is 0.848. The van der Waals surface area contributed by atoms with E-state index in [2.05, 4.69) is 43.5 Å². The number of ether oxygens (including phenoxy) is 6. The first kappa shape index (κ1) is 57.3. The van der Waals surface area contributed by atoms with E-state index < -0.39 is 124 Å². The lowest BCUT2D eigenvalue weighted by molar-refractivity contribution is -0.379. The van der Waals surface area contributed by atoms with E-state index in [-0.39, 0.29) is 18.9 Å². The van der Waals surface area contributed by atoms with Crippen LogP contribution in [0.1, 0.15) is 117 Å². The first-order valence-electron chi connectivity index (χ1n) is 23.7. The molecular weight excluding hydrogens is 854 g/mol. The van der Waals surface area contributed by atoms with Gasteiger partial charge in [0.1, 0.15) is 73.2 Å². The lowest BCUT2D eigenvalue weighted by Crippen LogP contribution is -2.66. The number of aliphatic hydroxyl groups is 11. The number of carbonyl (C=O) groups is 1. The van der Waals surface area contributed by atoms with Crippen LogP contribution in [0.25, 0.3) is 0 Å². The predicted octanol–water partition coefficient (Wildman–Crippen LogP) is 0.247. The van der Waals surface area contributed by atoms with Gasteiger partial charge in [0.05, 0.1) is 38.6 Å². The van der Waals surface area contributed by atoms with Gasteiger partial charge in [0.25, 0.3) is 0 Å². The zero-order valence-electron chi connectivity index (χ0n) is 38.2. The summed E-state index contributed by atoms with van der Waals surface area (Å²) in [6, 6.07) is -0.988. The van der Waals surface area contributed by atoms with Crippen LogP contribution in [0, 0.1) is 0 Å². The number of allylic oxidation sites excluding steroid dienone is 5. The van der Waals surface area contributed by atoms with E-state index in [1.807, 2.05) is 6.08 Å². The molecule has 0 aliphatic carbocycles. The Morgan fingerprint density at radius 2 is 1.02 bits per heavy atom. The van der Waals surface area contributed by atoms with Crippen molar-refractivity contribution in [1.29, 1.82) is 0 Å². The summed E-state index contributed by atoms with van der Waals surface area (Å²) in [5.74, 6) is -0.304. The van der Waals surface area contributed by atoms with Crippen LogP contribution < -0.4 is 5.32 Å². The highest BCUT2D eigenvalue weighted by atomic mass is 16.8. The van der Waals surface area contributed by atoms with Crippen LogP contribution in [0.15, 0.2) is 36.5 Å². The Morgan fingerprint density at radius 3 is 1.60 bits per heavy atom. The average Bonchev–Trinajstić information content (AvgIpc) is 3.30. The van der Waals surface area contributed by atoms with Crippen molar-refractivity contribution in [1.82, 2.24) is 5.32 Å². The van der Waals surface area contributed by atoms with Gasteiger partial charge in [-0.25, -0.2) is 0 Å². The van der Waals surface area contributed by atoms with Crippen LogP contribution in [-0.4, -0.2) is 193 Å². The van der Waals surface area contributed by atoms with E-state index >= 15 is 0 Å². The normalized spacial score (nSPS) is 34.4. The van der Waals surface area contributed by atoms with Gasteiger partial charge in [-0.15, -0.1) is 0 Å². The van der Waals surface area contributed by atoms with Crippen molar-refractivity contribution in [3.63, 3.8) is 0 Å². The highest BCUT2D eigenvalue weighted by molar-refractivity contribution is 5.76. The summed E-state index contributed by atoms with van der Waals surface area (Å²) in [6.07, 6.45) is 0.455. The molecule has 12 N–H and O–H groups in total. The summed E-state index contributed by atoms with van der Waals surface area (Å²) < 4.78 is 34.0. The molecule has 3 rings (SSSR count). The minimum Gasteiger partial charge on any atom is -0.394 e. The molecule has 0 spiro atoms. The molecule has 0 aromatic heterocycles. The van der Waals surface area contributed by atoms with Gasteiger partial charge in [0.2, 0.25) is 5.91 Å². The largest absolute Gasteiger partial charge is 0.394 e. The molecule has 3 aliphatic rings. The van der Waals surface area contributed by atoms with Gasteiger partial charge < -0.3 is 89.9 Å². The number of carbonyl (C=O) groups excluding carboxylic acids is 1. The molecule has 65 heavy (non-hydrogen) atoms. The van der Waals surface area contributed by atoms with Crippen LogP contribution in [0.3, 0.4) is 0 Å². The molecule has 19 nitrogen and oxygen atoms in total. The number of unbranched alkanes of at least 4 members (excludes halogenated alkanes) is 11. The second kappa shape index (κ2) is 31.9. The maximum atomic E-state index is 13.1. The molecular formula is C46H81NO18. The first-order valence-corrected chi connectivity index (χ1v) is 23.7. The van der Waals surface area contributed by atoms with E-state index in [1.165, 1.54) is 19.3 Å². The summed E-state index contributed by atoms with van der Waals surface area (Å²) in [6.45, 7) is 1.52. The second-order valence-electron chi connectivity index (χ2n) is 17.2. The Hall–Kier alpha value is -1.99. The fourth-order valence-corrected chi connectivity index (χ4v) is 7.85. The van der Waals surface area contributed by atoms with Crippen molar-refractivity contribution in [2.75, 3.05) is 26.4 Å². The van der Waals surface area contributed by atoms with Crippen LogP contribution >= 0.6 is 0 Å². The van der Waals surface area contributed by atoms with Crippen molar-refractivity contribution in [3.05, 3.63) is 36.5 Å². The summed E-state index contributed by atoms with van der Waals surface area (Å²) in [4.78, 5) is 13.1. The molecule has 1 amide bonds. The van der Waals surface area contributed by atoms with E-state index in [1.54, 1.807) is 6.08 Å². The lowest BCUT2D eigenvalue weighted by Gasteiger charge is -2.48. The molecule has 19 heteroatoms. The minimum atomic E-state index is -1.98. The quantitative estimate of drug-likeness (QED) is 0.0328. The Labute approximate surface area is 383 Å². The Kier molecular flexibility index (Phi) is 28.2. The highest BCUT2D eigenvalue weighted by Gasteiger charge is 2.53. The van der Waals surface area contributed by atoms with Gasteiger partial charge >= 0.3 is 0 Å². The van der Waals surface area contributed by atoms with Gasteiger partial charge in [-0.3, -0.25) is 4.79 Å². The number of hydrogen-bond acceptors (Lipinski definition) is 18. The number of rotatable bonds is 31. The molecule has 0 radical (unpaired) electrons. The fourth-order valence-electron chi connectivity index (χ4n) is 7.85. The third-order valence-corrected chi connectivity index (χ3v) is 11.9. The maximum absolute atomic E-state index is 13.1. The van der Waals surface area contributed by atoms with Crippen molar-refractivity contribution in [3.8, 4) is 0 Å². The zero-order chi connectivity index (χ0) is 47.7. The second-order valence-corrected chi connectivity index (χ2v) is 17.2. The summed E-state index contributed by atoms with van der Waals surface area (Å²) in [5, 5.41) is 119. The highest BCUT2D eigenvalue weighted by Crippen LogP contribution is 2.33. The Morgan fingerprint density at radius 1 is 0.538 bits per heavy atom. The Bertz CT molecular complexity index is 1350. The number of nitrogens with one attached hydrogen (secondary N) is 1. The van der Waals surface area contributed by atoms with Gasteiger partial charge in [-0.05, 0) is 51.4 Å². The Balaban J connectivity index is 1.61. The van der Waals surface area contributed by atoms with Crippen molar-refractivity contribution in [2.45, 2.75) is 221 Å². The monoisotopic (exact) mass is 936 g/mol. The molecule has 0 saturated carbocycles. The smallest absolute Gasteiger partial charge is 0.220 e. The topological polar surface area (TPSA) is 307 Å². The van der Waals surface area contributed by atoms with E-state index in [0.29, 0.717) is 12.8 Å². The summed E-state index contributed by atoms with van der Waals surface area (Å²) >= 11 is 0. The molecule has 0 bridgehead atoms. The predicted molar refractivity (Wildman–Crippen MR) is 236 cm³/mol. The molecule has 3 aliphatic heterocycles. The van der Waals surface area contributed by atoms with E-state index in [4.69, 9.17) is 28.4 Å². The minimum absolute atomic E-state index is 0.223. The average molecular weight is 936 g/mol. The third-order valence-electron chi connectivity index (χ3n) is 11.9. The maximum Gasteiger partial charge on any atom is 0.220 e. The summed E-state index contributed by atoms with van der Waals surface area (Å²) in [5.41, 5.74) is 0. The SMILES string of the molecule is CCC/C=C\CCCCCCCC(=O)NC(COC1OC(CO)C(OC2OC(CO)C(OC3OC(CO)C(O)C(O)C3O)C(O)C2O)C(O)C1O)C(O)/C=C/CC/C=C/CCCCCC. The molecule has 17 unspecified atom stereocenters. The van der Waals surface area contributed by atoms with Crippen molar-refractivity contribution in [2.24, 2.45) is 0 Å². The lowest BCUT2D eigenvalue weighted by atomic mass is 9.96. The third kappa shape index (κ3) is 18.8. The standard InChI is InChI=1S/C46H81NO18/c1-3-5-7-9-11-13-15-17-19-21-23-30(51)29(47-34(52)24-22-20-18-16-14-12-10-8-6-4-2)28-60-44-40(58)37(55)42(32(26-49)62-44)65-46-41(59)38(56)43(33(27-50)63-46)64-45-39(57)36(54)35(53)31(25-48)61-45/h8,10,13,15,21,23,29-33,35-46,48-51,53-59H,3-7,9,11-12,14,16-20,22,24-28H2,1-2H3,(H,47,52)/b10-8-,15-13+,23-21+. The zero-order valence-corrected chi connectivity index (χ0v) is 38.2. The van der Waals surface area contributed by atoms with Gasteiger partial charge in [-0.1, -0.05) is 95.2 Å². The molecule has 378 valence electrons. The van der Waals surface area contributed by atoms with Gasteiger partial charge in [0, 0.05) is 6.42 Å². The first-order chi connectivity index (χ1) is 31.3. The van der Waals surface area contributed by atoms with E-state index in [9.17, 15) is 61.0 Å². The van der Waals surface area contributed by atoms with Gasteiger partial charge in [-0.2, -0.15) is 0 Å². The van der Waals surface area contributed by atoms with E-state index in [0.717, 1.165) is 64.2 Å². The molecule has 17 atom stereocenters. The van der Waals surface area contributed by atoms with Crippen LogP contribution in [0.5, 0.6) is 0 Å². The van der Waals surface area contributed by atoms with Crippen LogP contribution in [0.2, 0.25) is 0 Å². The molecule has 0 aromatic rings. The van der Waals surface area contributed by atoms with Crippen molar-refractivity contribution >= 4 is 5.91 Å². The van der Waals surface area contributed by atoms with Crippen molar-refractivity contribution < 1.29 is 89.4 Å². The summed E-state index contributed by atoms with van der Waals surface area (Å²) in [7, 11) is 0. The molecule has 3 fully saturated rings. The van der Waals surface area contributed by atoms with Gasteiger partial charge in [0.15, 0.2) is 18.9 Å². The van der Waals surface area contributed by atoms with Crippen LogP contribution in [-0.2, 0) is 33.2 Å². The molecule has 3 saturated heterocycles. The number of aliphatic hydroxyl groups excluding tert-OH is 11. The number of hydrogen-bond donors (Lipinski definition) is 12. The molecule has 3 heterocycles. The molecule has 0 aromatic carbocycles.